The van der Waals surface area contributed by atoms with Gasteiger partial charge in [0.2, 0.25) is 0 Å². The second-order valence-electron chi connectivity index (χ2n) is 5.33. The van der Waals surface area contributed by atoms with Gasteiger partial charge in [0.15, 0.2) is 0 Å². The van der Waals surface area contributed by atoms with Gasteiger partial charge >= 0.3 is 0 Å². The molecule has 0 aliphatic carbocycles. The molecule has 2 nitrogen and oxygen atoms in total. The minimum Gasteiger partial charge on any atom is -0.396 e. The average Bonchev–Trinajstić information content (AvgIpc) is 2.20. The predicted octanol–water partition coefficient (Wildman–Crippen LogP) is 2.17. The highest BCUT2D eigenvalue weighted by Gasteiger charge is 2.22. The highest BCUT2D eigenvalue weighted by molar-refractivity contribution is 5.28. The summed E-state index contributed by atoms with van der Waals surface area (Å²) < 4.78 is 0. The zero-order valence-corrected chi connectivity index (χ0v) is 10.4. The van der Waals surface area contributed by atoms with Gasteiger partial charge in [-0.3, -0.25) is 0 Å². The van der Waals surface area contributed by atoms with Crippen LogP contribution in [0.2, 0.25) is 0 Å². The van der Waals surface area contributed by atoms with Crippen LogP contribution in [0.15, 0.2) is 24.3 Å². The molecule has 0 aliphatic heterocycles. The van der Waals surface area contributed by atoms with E-state index in [-0.39, 0.29) is 18.1 Å². The van der Waals surface area contributed by atoms with Gasteiger partial charge in [0.25, 0.3) is 0 Å². The fourth-order valence-electron chi connectivity index (χ4n) is 1.64. The summed E-state index contributed by atoms with van der Waals surface area (Å²) in [5, 5.41) is 19.0. The van der Waals surface area contributed by atoms with Gasteiger partial charge in [0.05, 0.1) is 6.10 Å². The van der Waals surface area contributed by atoms with E-state index in [1.165, 1.54) is 0 Å². The van der Waals surface area contributed by atoms with Crippen LogP contribution in [-0.4, -0.2) is 22.9 Å². The van der Waals surface area contributed by atoms with Crippen molar-refractivity contribution in [3.05, 3.63) is 35.4 Å². The molecule has 0 aromatic heterocycles. The summed E-state index contributed by atoms with van der Waals surface area (Å²) in [6.07, 6.45) is 0.958. The first-order valence-corrected chi connectivity index (χ1v) is 5.81. The van der Waals surface area contributed by atoms with E-state index in [9.17, 15) is 5.11 Å². The Balaban J connectivity index is 2.80. The van der Waals surface area contributed by atoms with E-state index < -0.39 is 0 Å². The molecule has 0 aliphatic rings. The first kappa shape index (κ1) is 13.2. The van der Waals surface area contributed by atoms with Crippen LogP contribution in [-0.2, 0) is 12.8 Å². The molecule has 2 heteroatoms. The highest BCUT2D eigenvalue weighted by atomic mass is 16.3. The molecule has 0 bridgehead atoms. The molecule has 1 aromatic rings. The maximum Gasteiger partial charge on any atom is 0.0628 e. The van der Waals surface area contributed by atoms with Gasteiger partial charge in [-0.1, -0.05) is 45.0 Å². The van der Waals surface area contributed by atoms with Gasteiger partial charge in [-0.15, -0.1) is 0 Å². The van der Waals surface area contributed by atoms with E-state index in [0.29, 0.717) is 12.8 Å². The quantitative estimate of drug-likeness (QED) is 0.819. The third-order valence-corrected chi connectivity index (χ3v) is 2.91. The maximum absolute atomic E-state index is 10.1. The van der Waals surface area contributed by atoms with Crippen LogP contribution in [0.3, 0.4) is 0 Å². The zero-order chi connectivity index (χ0) is 12.2. The molecule has 0 fully saturated rings. The molecule has 1 aromatic carbocycles. The summed E-state index contributed by atoms with van der Waals surface area (Å²) in [4.78, 5) is 0. The van der Waals surface area contributed by atoms with Crippen LogP contribution >= 0.6 is 0 Å². The molecule has 1 unspecified atom stereocenters. The lowest BCUT2D eigenvalue weighted by Crippen LogP contribution is -2.28. The lowest BCUT2D eigenvalue weighted by Gasteiger charge is -2.26. The monoisotopic (exact) mass is 222 g/mol. The Morgan fingerprint density at radius 1 is 1.12 bits per heavy atom. The minimum absolute atomic E-state index is 0.105. The largest absolute Gasteiger partial charge is 0.396 e. The number of hydrogen-bond acceptors (Lipinski definition) is 2. The van der Waals surface area contributed by atoms with Crippen LogP contribution in [0.5, 0.6) is 0 Å². The van der Waals surface area contributed by atoms with E-state index in [4.69, 9.17) is 5.11 Å². The molecule has 16 heavy (non-hydrogen) atoms. The fourth-order valence-corrected chi connectivity index (χ4v) is 1.64. The van der Waals surface area contributed by atoms with Gasteiger partial charge in [-0.05, 0) is 29.4 Å². The normalized spacial score (nSPS) is 13.8. The van der Waals surface area contributed by atoms with Crippen molar-refractivity contribution in [2.45, 2.75) is 39.7 Å². The molecule has 0 saturated heterocycles. The number of aliphatic hydroxyl groups excluding tert-OH is 2. The van der Waals surface area contributed by atoms with Crippen LogP contribution in [0.25, 0.3) is 0 Å². The van der Waals surface area contributed by atoms with Crippen LogP contribution < -0.4 is 0 Å². The summed E-state index contributed by atoms with van der Waals surface area (Å²) in [6, 6.07) is 7.99. The number of rotatable bonds is 4. The summed E-state index contributed by atoms with van der Waals surface area (Å²) in [5.41, 5.74) is 2.17. The summed E-state index contributed by atoms with van der Waals surface area (Å²) in [7, 11) is 0. The second-order valence-corrected chi connectivity index (χ2v) is 5.33. The highest BCUT2D eigenvalue weighted by Crippen LogP contribution is 2.23. The lowest BCUT2D eigenvalue weighted by molar-refractivity contribution is 0.0634. The van der Waals surface area contributed by atoms with E-state index in [2.05, 4.69) is 0 Å². The molecule has 90 valence electrons. The van der Waals surface area contributed by atoms with Gasteiger partial charge in [-0.2, -0.15) is 0 Å². The van der Waals surface area contributed by atoms with E-state index >= 15 is 0 Å². The Hall–Kier alpha value is -0.860. The summed E-state index contributed by atoms with van der Waals surface area (Å²) in [5.74, 6) is 0. The zero-order valence-electron chi connectivity index (χ0n) is 10.4. The van der Waals surface area contributed by atoms with Crippen molar-refractivity contribution >= 4 is 0 Å². The third kappa shape index (κ3) is 3.62. The van der Waals surface area contributed by atoms with Crippen LogP contribution in [0.4, 0.5) is 0 Å². The molecule has 0 amide bonds. The number of benzene rings is 1. The molecule has 0 saturated carbocycles. The maximum atomic E-state index is 10.1. The third-order valence-electron chi connectivity index (χ3n) is 2.91. The van der Waals surface area contributed by atoms with Crippen molar-refractivity contribution in [2.24, 2.45) is 5.41 Å². The first-order valence-electron chi connectivity index (χ1n) is 5.81. The predicted molar refractivity (Wildman–Crippen MR) is 66.4 cm³/mol. The summed E-state index contributed by atoms with van der Waals surface area (Å²) >= 11 is 0. The van der Waals surface area contributed by atoms with Crippen LogP contribution in [0, 0.1) is 5.41 Å². The molecule has 2 N–H and O–H groups in total. The Morgan fingerprint density at radius 2 is 1.69 bits per heavy atom. The molecular formula is C14H22O2. The number of aliphatic hydroxyl groups is 2. The van der Waals surface area contributed by atoms with Crippen molar-refractivity contribution in [2.75, 3.05) is 6.61 Å². The minimum atomic E-state index is -0.354. The molecule has 1 atom stereocenters. The fraction of sp³-hybridized carbons (Fsp3) is 0.571. The smallest absolute Gasteiger partial charge is 0.0628 e. The molecule has 0 heterocycles. The van der Waals surface area contributed by atoms with Crippen molar-refractivity contribution in [3.63, 3.8) is 0 Å². The van der Waals surface area contributed by atoms with Gasteiger partial charge in [-0.25, -0.2) is 0 Å². The Bertz CT molecular complexity index is 326. The Morgan fingerprint density at radius 3 is 2.19 bits per heavy atom. The standard InChI is InChI=1S/C14H22O2/c1-14(2,3)13(16)10-12-7-5-4-6-11(12)8-9-15/h4-7,13,15-16H,8-10H2,1-3H3. The number of hydrogen-bond donors (Lipinski definition) is 2. The van der Waals surface area contributed by atoms with Crippen molar-refractivity contribution in [1.82, 2.24) is 0 Å². The first-order chi connectivity index (χ1) is 7.45. The van der Waals surface area contributed by atoms with E-state index in [1.54, 1.807) is 0 Å². The Kier molecular flexibility index (Phi) is 4.51. The van der Waals surface area contributed by atoms with E-state index in [0.717, 1.165) is 11.1 Å². The van der Waals surface area contributed by atoms with E-state index in [1.807, 2.05) is 45.0 Å². The Labute approximate surface area is 97.9 Å². The van der Waals surface area contributed by atoms with Crippen LogP contribution in [0.1, 0.15) is 31.9 Å². The molecule has 0 spiro atoms. The van der Waals surface area contributed by atoms with Gasteiger partial charge in [0, 0.05) is 6.61 Å². The SMILES string of the molecule is CC(C)(C)C(O)Cc1ccccc1CCO. The lowest BCUT2D eigenvalue weighted by atomic mass is 9.84. The van der Waals surface area contributed by atoms with Crippen molar-refractivity contribution < 1.29 is 10.2 Å². The van der Waals surface area contributed by atoms with Gasteiger partial charge in [0.1, 0.15) is 0 Å². The van der Waals surface area contributed by atoms with Crippen molar-refractivity contribution in [1.29, 1.82) is 0 Å². The molecular weight excluding hydrogens is 200 g/mol. The molecule has 1 rings (SSSR count). The summed E-state index contributed by atoms with van der Waals surface area (Å²) in [6.45, 7) is 6.26. The molecule has 0 radical (unpaired) electrons. The van der Waals surface area contributed by atoms with Gasteiger partial charge < -0.3 is 10.2 Å². The van der Waals surface area contributed by atoms with Crippen molar-refractivity contribution in [3.8, 4) is 0 Å². The topological polar surface area (TPSA) is 40.5 Å². The second kappa shape index (κ2) is 5.46. The average molecular weight is 222 g/mol.